The molecule has 0 unspecified atom stereocenters. The van der Waals surface area contributed by atoms with Gasteiger partial charge in [0.2, 0.25) is 0 Å². The molecular formula is C13H9Cl2F3. The standard InChI is InChI=1S/C7H5F3.C6H4Cl2/c8-7(9,10)6-4-2-1-3-5-6;7-5-3-1-2-4-6(5)8/h1-5H;1-4H. The zero-order chi connectivity index (χ0) is 13.6. The van der Waals surface area contributed by atoms with E-state index in [1.54, 1.807) is 18.2 Å². The number of benzene rings is 2. The van der Waals surface area contributed by atoms with Gasteiger partial charge in [-0.25, -0.2) is 0 Å². The fraction of sp³-hybridized carbons (Fsp3) is 0.0769. The lowest BCUT2D eigenvalue weighted by Gasteiger charge is -2.03. The van der Waals surface area contributed by atoms with Crippen molar-refractivity contribution >= 4 is 23.2 Å². The number of halogens is 5. The van der Waals surface area contributed by atoms with Gasteiger partial charge in [-0.3, -0.25) is 0 Å². The molecule has 0 aromatic heterocycles. The molecule has 18 heavy (non-hydrogen) atoms. The molecule has 0 aliphatic rings. The molecule has 2 aromatic carbocycles. The van der Waals surface area contributed by atoms with Crippen LogP contribution in [0.3, 0.4) is 0 Å². The molecule has 0 heterocycles. The first-order chi connectivity index (χ1) is 8.41. The van der Waals surface area contributed by atoms with Crippen LogP contribution in [0.2, 0.25) is 10.0 Å². The Kier molecular flexibility index (Phi) is 5.51. The first-order valence-electron chi connectivity index (χ1n) is 4.93. The Hall–Kier alpha value is -1.19. The van der Waals surface area contributed by atoms with Gasteiger partial charge in [0.05, 0.1) is 15.6 Å². The Morgan fingerprint density at radius 1 is 0.667 bits per heavy atom. The van der Waals surface area contributed by atoms with Crippen LogP contribution < -0.4 is 0 Å². The summed E-state index contributed by atoms with van der Waals surface area (Å²) in [7, 11) is 0. The van der Waals surface area contributed by atoms with Crippen LogP contribution >= 0.6 is 23.2 Å². The van der Waals surface area contributed by atoms with Crippen molar-refractivity contribution in [3.05, 3.63) is 70.2 Å². The van der Waals surface area contributed by atoms with Crippen molar-refractivity contribution in [1.82, 2.24) is 0 Å². The zero-order valence-electron chi connectivity index (χ0n) is 9.09. The van der Waals surface area contributed by atoms with E-state index in [2.05, 4.69) is 0 Å². The topological polar surface area (TPSA) is 0 Å². The molecule has 0 spiro atoms. The maximum atomic E-state index is 11.8. The molecule has 0 atom stereocenters. The lowest BCUT2D eigenvalue weighted by Crippen LogP contribution is -2.03. The number of rotatable bonds is 0. The highest BCUT2D eigenvalue weighted by Gasteiger charge is 2.29. The minimum atomic E-state index is -4.21. The molecule has 0 radical (unpaired) electrons. The van der Waals surface area contributed by atoms with E-state index in [-0.39, 0.29) is 0 Å². The molecule has 0 nitrogen and oxygen atoms in total. The Morgan fingerprint density at radius 2 is 1.06 bits per heavy atom. The molecule has 0 fully saturated rings. The fourth-order valence-corrected chi connectivity index (χ4v) is 1.34. The van der Waals surface area contributed by atoms with Crippen LogP contribution in [-0.4, -0.2) is 0 Å². The second kappa shape index (κ2) is 6.66. The normalized spacial score (nSPS) is 10.5. The summed E-state index contributed by atoms with van der Waals surface area (Å²) in [6.07, 6.45) is -4.21. The summed E-state index contributed by atoms with van der Waals surface area (Å²) < 4.78 is 35.4. The smallest absolute Gasteiger partial charge is 0.166 e. The van der Waals surface area contributed by atoms with E-state index in [4.69, 9.17) is 23.2 Å². The number of alkyl halides is 3. The van der Waals surface area contributed by atoms with Gasteiger partial charge in [-0.15, -0.1) is 0 Å². The Morgan fingerprint density at radius 3 is 1.33 bits per heavy atom. The van der Waals surface area contributed by atoms with Crippen LogP contribution in [0.5, 0.6) is 0 Å². The SMILES string of the molecule is Clc1ccccc1Cl.FC(F)(F)c1ccccc1. The molecule has 0 N–H and O–H groups in total. The van der Waals surface area contributed by atoms with E-state index in [0.717, 1.165) is 12.1 Å². The summed E-state index contributed by atoms with van der Waals surface area (Å²) in [5, 5.41) is 1.21. The van der Waals surface area contributed by atoms with Crippen molar-refractivity contribution in [2.75, 3.05) is 0 Å². The fourth-order valence-electron chi connectivity index (χ4n) is 1.07. The van der Waals surface area contributed by atoms with Crippen molar-refractivity contribution in [3.63, 3.8) is 0 Å². The lowest BCUT2D eigenvalue weighted by molar-refractivity contribution is -0.137. The van der Waals surface area contributed by atoms with E-state index in [1.807, 2.05) is 12.1 Å². The third kappa shape index (κ3) is 4.98. The molecule has 0 aliphatic heterocycles. The van der Waals surface area contributed by atoms with E-state index in [1.165, 1.54) is 12.1 Å². The molecule has 96 valence electrons. The van der Waals surface area contributed by atoms with Crippen LogP contribution in [0.4, 0.5) is 13.2 Å². The first-order valence-corrected chi connectivity index (χ1v) is 5.69. The van der Waals surface area contributed by atoms with Crippen molar-refractivity contribution in [2.24, 2.45) is 0 Å². The molecule has 2 aromatic rings. The Labute approximate surface area is 113 Å². The van der Waals surface area contributed by atoms with Gasteiger partial charge < -0.3 is 0 Å². The van der Waals surface area contributed by atoms with Crippen molar-refractivity contribution in [2.45, 2.75) is 6.18 Å². The van der Waals surface area contributed by atoms with E-state index in [9.17, 15) is 13.2 Å². The summed E-state index contributed by atoms with van der Waals surface area (Å²) in [4.78, 5) is 0. The van der Waals surface area contributed by atoms with Crippen LogP contribution in [0, 0.1) is 0 Å². The van der Waals surface area contributed by atoms with Gasteiger partial charge in [-0.2, -0.15) is 13.2 Å². The van der Waals surface area contributed by atoms with Gasteiger partial charge >= 0.3 is 6.18 Å². The molecule has 2 rings (SSSR count). The lowest BCUT2D eigenvalue weighted by atomic mass is 10.2. The molecule has 0 saturated heterocycles. The molecule has 5 heteroatoms. The summed E-state index contributed by atoms with van der Waals surface area (Å²) in [6.45, 7) is 0. The average Bonchev–Trinajstić information content (AvgIpc) is 2.34. The monoisotopic (exact) mass is 292 g/mol. The zero-order valence-corrected chi connectivity index (χ0v) is 10.6. The van der Waals surface area contributed by atoms with Gasteiger partial charge in [0.15, 0.2) is 0 Å². The third-order valence-electron chi connectivity index (χ3n) is 1.93. The second-order valence-corrected chi connectivity index (χ2v) is 4.09. The minimum absolute atomic E-state index is 0.602. The predicted octanol–water partition coefficient (Wildman–Crippen LogP) is 5.70. The third-order valence-corrected chi connectivity index (χ3v) is 2.68. The van der Waals surface area contributed by atoms with Crippen molar-refractivity contribution in [3.8, 4) is 0 Å². The van der Waals surface area contributed by atoms with Crippen molar-refractivity contribution in [1.29, 1.82) is 0 Å². The first kappa shape index (κ1) is 14.9. The van der Waals surface area contributed by atoms with E-state index < -0.39 is 11.7 Å². The van der Waals surface area contributed by atoms with Gasteiger partial charge in [0, 0.05) is 0 Å². The maximum Gasteiger partial charge on any atom is 0.416 e. The second-order valence-electron chi connectivity index (χ2n) is 3.28. The van der Waals surface area contributed by atoms with Crippen LogP contribution in [0.15, 0.2) is 54.6 Å². The maximum absolute atomic E-state index is 11.8. The predicted molar refractivity (Wildman–Crippen MR) is 67.9 cm³/mol. The van der Waals surface area contributed by atoms with Crippen LogP contribution in [0.1, 0.15) is 5.56 Å². The number of hydrogen-bond acceptors (Lipinski definition) is 0. The van der Waals surface area contributed by atoms with Crippen LogP contribution in [-0.2, 0) is 6.18 Å². The van der Waals surface area contributed by atoms with Gasteiger partial charge in [0.25, 0.3) is 0 Å². The van der Waals surface area contributed by atoms with Crippen molar-refractivity contribution < 1.29 is 13.2 Å². The highest BCUT2D eigenvalue weighted by Crippen LogP contribution is 2.28. The quantitative estimate of drug-likeness (QED) is 0.584. The van der Waals surface area contributed by atoms with Gasteiger partial charge in [-0.05, 0) is 12.1 Å². The summed E-state index contributed by atoms with van der Waals surface area (Å²) in [5.74, 6) is 0. The largest absolute Gasteiger partial charge is 0.416 e. The number of hydrogen-bond donors (Lipinski definition) is 0. The van der Waals surface area contributed by atoms with E-state index in [0.29, 0.717) is 10.0 Å². The summed E-state index contributed by atoms with van der Waals surface area (Å²) in [5.41, 5.74) is -0.602. The minimum Gasteiger partial charge on any atom is -0.166 e. The summed E-state index contributed by atoms with van der Waals surface area (Å²) >= 11 is 11.2. The highest BCUT2D eigenvalue weighted by molar-refractivity contribution is 6.41. The summed E-state index contributed by atoms with van der Waals surface area (Å²) in [6, 6.07) is 13.6. The molecule has 0 saturated carbocycles. The average molecular weight is 293 g/mol. The van der Waals surface area contributed by atoms with Crippen LogP contribution in [0.25, 0.3) is 0 Å². The molecule has 0 amide bonds. The van der Waals surface area contributed by atoms with Gasteiger partial charge in [0.1, 0.15) is 0 Å². The Balaban J connectivity index is 0.000000184. The Bertz CT molecular complexity index is 460. The molecular weight excluding hydrogens is 284 g/mol. The molecule has 0 aliphatic carbocycles. The highest BCUT2D eigenvalue weighted by atomic mass is 35.5. The molecule has 0 bridgehead atoms. The van der Waals surface area contributed by atoms with E-state index >= 15 is 0 Å². The van der Waals surface area contributed by atoms with Gasteiger partial charge in [-0.1, -0.05) is 65.7 Å².